The molecule has 0 unspecified atom stereocenters. The van der Waals surface area contributed by atoms with Gasteiger partial charge in [-0.1, -0.05) is 19.8 Å². The largest absolute Gasteiger partial charge is 0.398 e. The van der Waals surface area contributed by atoms with Crippen molar-refractivity contribution in [2.24, 2.45) is 11.8 Å². The Morgan fingerprint density at radius 2 is 2.06 bits per heavy atom. The fraction of sp³-hybridized carbons (Fsp3) is 0.533. The Hall–Kier alpha value is -1.69. The molecule has 3 heteroatoms. The van der Waals surface area contributed by atoms with Crippen molar-refractivity contribution in [3.05, 3.63) is 23.8 Å². The SMILES string of the molecule is CC1CCC(CNc2ccc(N)c(C#N)c2)CC1. The van der Waals surface area contributed by atoms with E-state index in [9.17, 15) is 0 Å². The first-order valence-corrected chi connectivity index (χ1v) is 6.72. The smallest absolute Gasteiger partial charge is 0.101 e. The van der Waals surface area contributed by atoms with E-state index in [-0.39, 0.29) is 0 Å². The van der Waals surface area contributed by atoms with E-state index in [2.05, 4.69) is 18.3 Å². The molecule has 3 N–H and O–H groups in total. The predicted molar refractivity (Wildman–Crippen MR) is 75.2 cm³/mol. The van der Waals surface area contributed by atoms with E-state index in [0.717, 1.165) is 24.1 Å². The fourth-order valence-electron chi connectivity index (χ4n) is 2.56. The number of rotatable bonds is 3. The van der Waals surface area contributed by atoms with Crippen molar-refractivity contribution < 1.29 is 0 Å². The van der Waals surface area contributed by atoms with Gasteiger partial charge in [0.1, 0.15) is 6.07 Å². The van der Waals surface area contributed by atoms with E-state index in [4.69, 9.17) is 11.0 Å². The molecule has 0 aliphatic heterocycles. The van der Waals surface area contributed by atoms with E-state index in [1.54, 1.807) is 6.07 Å². The molecular weight excluding hydrogens is 222 g/mol. The minimum atomic E-state index is 0.551. The zero-order chi connectivity index (χ0) is 13.0. The highest BCUT2D eigenvalue weighted by Gasteiger charge is 2.17. The molecule has 2 rings (SSSR count). The first-order chi connectivity index (χ1) is 8.69. The van der Waals surface area contributed by atoms with Crippen LogP contribution in [0.15, 0.2) is 18.2 Å². The fourth-order valence-corrected chi connectivity index (χ4v) is 2.56. The number of benzene rings is 1. The number of nitriles is 1. The molecule has 1 aromatic carbocycles. The first kappa shape index (κ1) is 12.8. The molecular formula is C15H21N3. The van der Waals surface area contributed by atoms with E-state index in [0.29, 0.717) is 11.3 Å². The van der Waals surface area contributed by atoms with Crippen molar-refractivity contribution in [3.63, 3.8) is 0 Å². The van der Waals surface area contributed by atoms with Crippen LogP contribution in [0.1, 0.15) is 38.2 Å². The van der Waals surface area contributed by atoms with Gasteiger partial charge in [0.25, 0.3) is 0 Å². The maximum atomic E-state index is 8.93. The van der Waals surface area contributed by atoms with Crippen LogP contribution in [0.2, 0.25) is 0 Å². The molecule has 0 saturated heterocycles. The van der Waals surface area contributed by atoms with Crippen LogP contribution in [0.25, 0.3) is 0 Å². The average Bonchev–Trinajstić information content (AvgIpc) is 2.39. The highest BCUT2D eigenvalue weighted by Crippen LogP contribution is 2.28. The van der Waals surface area contributed by atoms with Crippen molar-refractivity contribution >= 4 is 11.4 Å². The zero-order valence-corrected chi connectivity index (χ0v) is 10.9. The van der Waals surface area contributed by atoms with Crippen LogP contribution in [0, 0.1) is 23.2 Å². The highest BCUT2D eigenvalue weighted by molar-refractivity contribution is 5.61. The van der Waals surface area contributed by atoms with Gasteiger partial charge in [-0.25, -0.2) is 0 Å². The molecule has 1 aliphatic carbocycles. The van der Waals surface area contributed by atoms with Gasteiger partial charge in [0.15, 0.2) is 0 Å². The van der Waals surface area contributed by atoms with Crippen LogP contribution < -0.4 is 11.1 Å². The third kappa shape index (κ3) is 3.16. The Labute approximate surface area is 109 Å². The van der Waals surface area contributed by atoms with Gasteiger partial charge in [0.05, 0.1) is 5.56 Å². The summed E-state index contributed by atoms with van der Waals surface area (Å²) >= 11 is 0. The Morgan fingerprint density at radius 1 is 1.33 bits per heavy atom. The Kier molecular flexibility index (Phi) is 4.09. The summed E-state index contributed by atoms with van der Waals surface area (Å²) in [7, 11) is 0. The summed E-state index contributed by atoms with van der Waals surface area (Å²) in [4.78, 5) is 0. The third-order valence-corrected chi connectivity index (χ3v) is 3.90. The first-order valence-electron chi connectivity index (χ1n) is 6.72. The molecule has 96 valence electrons. The summed E-state index contributed by atoms with van der Waals surface area (Å²) in [5, 5.41) is 12.4. The standard InChI is InChI=1S/C15H21N3/c1-11-2-4-12(5-3-11)10-18-14-6-7-15(17)13(8-14)9-16/h6-8,11-12,18H,2-5,10,17H2,1H3. The molecule has 0 radical (unpaired) electrons. The quantitative estimate of drug-likeness (QED) is 0.800. The number of nitrogens with two attached hydrogens (primary N) is 1. The zero-order valence-electron chi connectivity index (χ0n) is 10.9. The van der Waals surface area contributed by atoms with Crippen LogP contribution in [0.3, 0.4) is 0 Å². The van der Waals surface area contributed by atoms with Crippen LogP contribution >= 0.6 is 0 Å². The summed E-state index contributed by atoms with van der Waals surface area (Å²) in [5.41, 5.74) is 7.81. The van der Waals surface area contributed by atoms with E-state index in [1.807, 2.05) is 12.1 Å². The van der Waals surface area contributed by atoms with Crippen LogP contribution in [-0.2, 0) is 0 Å². The summed E-state index contributed by atoms with van der Waals surface area (Å²) < 4.78 is 0. The molecule has 3 nitrogen and oxygen atoms in total. The average molecular weight is 243 g/mol. The van der Waals surface area contributed by atoms with Crippen molar-refractivity contribution in [1.29, 1.82) is 5.26 Å². The Bertz CT molecular complexity index is 440. The predicted octanol–water partition coefficient (Wildman–Crippen LogP) is 3.38. The minimum absolute atomic E-state index is 0.551. The van der Waals surface area contributed by atoms with Gasteiger partial charge in [-0.05, 0) is 42.9 Å². The number of nitrogens with zero attached hydrogens (tertiary/aromatic N) is 1. The van der Waals surface area contributed by atoms with Gasteiger partial charge < -0.3 is 11.1 Å². The van der Waals surface area contributed by atoms with E-state index in [1.165, 1.54) is 25.7 Å². The molecule has 0 heterocycles. The molecule has 0 atom stereocenters. The molecule has 18 heavy (non-hydrogen) atoms. The second-order valence-electron chi connectivity index (χ2n) is 5.42. The number of anilines is 2. The lowest BCUT2D eigenvalue weighted by Gasteiger charge is -2.26. The van der Waals surface area contributed by atoms with Gasteiger partial charge >= 0.3 is 0 Å². The maximum Gasteiger partial charge on any atom is 0.101 e. The molecule has 1 saturated carbocycles. The summed E-state index contributed by atoms with van der Waals surface area (Å²) in [6.07, 6.45) is 5.32. The number of nitrogens with one attached hydrogen (secondary N) is 1. The molecule has 0 bridgehead atoms. The van der Waals surface area contributed by atoms with Gasteiger partial charge in [0, 0.05) is 17.9 Å². The lowest BCUT2D eigenvalue weighted by molar-refractivity contribution is 0.300. The molecule has 0 amide bonds. The molecule has 1 fully saturated rings. The second kappa shape index (κ2) is 5.77. The van der Waals surface area contributed by atoms with Crippen molar-refractivity contribution in [2.45, 2.75) is 32.6 Å². The van der Waals surface area contributed by atoms with Crippen LogP contribution in [0.5, 0.6) is 0 Å². The second-order valence-corrected chi connectivity index (χ2v) is 5.42. The van der Waals surface area contributed by atoms with Crippen LogP contribution in [0.4, 0.5) is 11.4 Å². The Morgan fingerprint density at radius 3 is 2.72 bits per heavy atom. The van der Waals surface area contributed by atoms with Gasteiger partial charge in [0.2, 0.25) is 0 Å². The van der Waals surface area contributed by atoms with Crippen LogP contribution in [-0.4, -0.2) is 6.54 Å². The van der Waals surface area contributed by atoms with Gasteiger partial charge in [-0.15, -0.1) is 0 Å². The van der Waals surface area contributed by atoms with Crippen molar-refractivity contribution in [2.75, 3.05) is 17.6 Å². The lowest BCUT2D eigenvalue weighted by Crippen LogP contribution is -2.20. The maximum absolute atomic E-state index is 8.93. The molecule has 0 spiro atoms. The normalized spacial score (nSPS) is 23.3. The Balaban J connectivity index is 1.89. The summed E-state index contributed by atoms with van der Waals surface area (Å²) in [6, 6.07) is 7.69. The van der Waals surface area contributed by atoms with Crippen molar-refractivity contribution in [3.8, 4) is 6.07 Å². The third-order valence-electron chi connectivity index (χ3n) is 3.90. The van der Waals surface area contributed by atoms with E-state index < -0.39 is 0 Å². The summed E-state index contributed by atoms with van der Waals surface area (Å²) in [5.74, 6) is 1.66. The molecule has 1 aromatic rings. The summed E-state index contributed by atoms with van der Waals surface area (Å²) in [6.45, 7) is 3.34. The number of hydrogen-bond acceptors (Lipinski definition) is 3. The monoisotopic (exact) mass is 243 g/mol. The van der Waals surface area contributed by atoms with Gasteiger partial charge in [-0.3, -0.25) is 0 Å². The number of hydrogen-bond donors (Lipinski definition) is 2. The van der Waals surface area contributed by atoms with Gasteiger partial charge in [-0.2, -0.15) is 5.26 Å². The topological polar surface area (TPSA) is 61.8 Å². The number of nitrogen functional groups attached to an aromatic ring is 1. The minimum Gasteiger partial charge on any atom is -0.398 e. The molecule has 1 aliphatic rings. The van der Waals surface area contributed by atoms with Crippen molar-refractivity contribution in [1.82, 2.24) is 0 Å². The van der Waals surface area contributed by atoms with E-state index >= 15 is 0 Å². The lowest BCUT2D eigenvalue weighted by atomic mass is 9.83. The highest BCUT2D eigenvalue weighted by atomic mass is 14.9. The molecule has 0 aromatic heterocycles.